The minimum atomic E-state index is -0.409. The van der Waals surface area contributed by atoms with Crippen LogP contribution in [0.1, 0.15) is 25.5 Å². The molecule has 0 aliphatic carbocycles. The van der Waals surface area contributed by atoms with Crippen molar-refractivity contribution in [3.63, 3.8) is 0 Å². The fourth-order valence-electron chi connectivity index (χ4n) is 1.68. The van der Waals surface area contributed by atoms with Crippen molar-refractivity contribution >= 4 is 11.6 Å². The molecule has 1 aromatic carbocycles. The SMILES string of the molecule is CCN(C)C(=O)CNC(C)c1ccccc1[N+](=O)[O-]. The molecule has 6 heteroatoms. The van der Waals surface area contributed by atoms with Crippen molar-refractivity contribution in [1.82, 2.24) is 10.2 Å². The van der Waals surface area contributed by atoms with Crippen molar-refractivity contribution in [3.05, 3.63) is 39.9 Å². The molecule has 1 amide bonds. The Morgan fingerprint density at radius 3 is 2.68 bits per heavy atom. The second-order valence-corrected chi connectivity index (χ2v) is 4.33. The fraction of sp³-hybridized carbons (Fsp3) is 0.462. The molecule has 0 saturated heterocycles. The van der Waals surface area contributed by atoms with Gasteiger partial charge in [-0.2, -0.15) is 0 Å². The summed E-state index contributed by atoms with van der Waals surface area (Å²) in [4.78, 5) is 23.8. The molecule has 1 unspecified atom stereocenters. The van der Waals surface area contributed by atoms with Crippen LogP contribution in [0.15, 0.2) is 24.3 Å². The third kappa shape index (κ3) is 4.03. The number of nitro groups is 1. The number of hydrogen-bond acceptors (Lipinski definition) is 4. The van der Waals surface area contributed by atoms with E-state index in [9.17, 15) is 14.9 Å². The predicted octanol–water partition coefficient (Wildman–Crippen LogP) is 1.72. The number of carbonyl (C=O) groups excluding carboxylic acids is 1. The molecular formula is C13H19N3O3. The Balaban J connectivity index is 2.71. The first-order valence-electron chi connectivity index (χ1n) is 6.18. The molecule has 1 aromatic rings. The molecule has 0 bridgehead atoms. The average molecular weight is 265 g/mol. The topological polar surface area (TPSA) is 75.5 Å². The average Bonchev–Trinajstić information content (AvgIpc) is 2.43. The highest BCUT2D eigenvalue weighted by molar-refractivity contribution is 5.77. The number of benzene rings is 1. The summed E-state index contributed by atoms with van der Waals surface area (Å²) in [6.45, 7) is 4.50. The van der Waals surface area contributed by atoms with Gasteiger partial charge in [0.2, 0.25) is 5.91 Å². The number of carbonyl (C=O) groups is 1. The Morgan fingerprint density at radius 1 is 1.47 bits per heavy atom. The zero-order valence-corrected chi connectivity index (χ0v) is 11.4. The van der Waals surface area contributed by atoms with E-state index in [1.54, 1.807) is 30.1 Å². The van der Waals surface area contributed by atoms with Gasteiger partial charge in [0.15, 0.2) is 0 Å². The Kier molecular flexibility index (Phi) is 5.44. The van der Waals surface area contributed by atoms with Crippen LogP contribution in [0.4, 0.5) is 5.69 Å². The van der Waals surface area contributed by atoms with Crippen molar-refractivity contribution in [2.75, 3.05) is 20.1 Å². The molecule has 0 saturated carbocycles. The number of nitro benzene ring substituents is 1. The Labute approximate surface area is 112 Å². The van der Waals surface area contributed by atoms with E-state index in [4.69, 9.17) is 0 Å². The first-order chi connectivity index (χ1) is 8.97. The molecular weight excluding hydrogens is 246 g/mol. The molecule has 0 aliphatic heterocycles. The molecule has 0 aliphatic rings. The quantitative estimate of drug-likeness (QED) is 0.627. The summed E-state index contributed by atoms with van der Waals surface area (Å²) < 4.78 is 0. The van der Waals surface area contributed by atoms with Crippen molar-refractivity contribution < 1.29 is 9.72 Å². The Morgan fingerprint density at radius 2 is 2.11 bits per heavy atom. The zero-order chi connectivity index (χ0) is 14.4. The van der Waals surface area contributed by atoms with Gasteiger partial charge in [0.05, 0.1) is 11.5 Å². The van der Waals surface area contributed by atoms with Crippen LogP contribution in [0.5, 0.6) is 0 Å². The van der Waals surface area contributed by atoms with Gasteiger partial charge in [-0.1, -0.05) is 18.2 Å². The molecule has 0 heterocycles. The van der Waals surface area contributed by atoms with E-state index >= 15 is 0 Å². The van der Waals surface area contributed by atoms with Gasteiger partial charge < -0.3 is 10.2 Å². The zero-order valence-electron chi connectivity index (χ0n) is 11.4. The van der Waals surface area contributed by atoms with Gasteiger partial charge in [0.1, 0.15) is 0 Å². The third-order valence-electron chi connectivity index (χ3n) is 3.06. The van der Waals surface area contributed by atoms with E-state index in [1.807, 2.05) is 13.8 Å². The van der Waals surface area contributed by atoms with Crippen LogP contribution in [-0.2, 0) is 4.79 Å². The number of amides is 1. The Hall–Kier alpha value is -1.95. The highest BCUT2D eigenvalue weighted by Crippen LogP contribution is 2.24. The molecule has 0 radical (unpaired) electrons. The normalized spacial score (nSPS) is 11.9. The van der Waals surface area contributed by atoms with Crippen molar-refractivity contribution in [2.24, 2.45) is 0 Å². The van der Waals surface area contributed by atoms with E-state index in [2.05, 4.69) is 5.32 Å². The first kappa shape index (κ1) is 15.1. The standard InChI is InChI=1S/C13H19N3O3/c1-4-15(3)13(17)9-14-10(2)11-7-5-6-8-12(11)16(18)19/h5-8,10,14H,4,9H2,1-3H3. The van der Waals surface area contributed by atoms with Gasteiger partial charge in [-0.15, -0.1) is 0 Å². The fourth-order valence-corrected chi connectivity index (χ4v) is 1.68. The van der Waals surface area contributed by atoms with Crippen LogP contribution >= 0.6 is 0 Å². The van der Waals surface area contributed by atoms with Crippen molar-refractivity contribution in [3.8, 4) is 0 Å². The molecule has 1 rings (SSSR count). The maximum atomic E-state index is 11.7. The number of hydrogen-bond donors (Lipinski definition) is 1. The summed E-state index contributed by atoms with van der Waals surface area (Å²) in [6, 6.07) is 6.29. The summed E-state index contributed by atoms with van der Waals surface area (Å²) in [7, 11) is 1.72. The predicted molar refractivity (Wildman–Crippen MR) is 72.8 cm³/mol. The summed E-state index contributed by atoms with van der Waals surface area (Å²) in [6.07, 6.45) is 0. The van der Waals surface area contributed by atoms with E-state index in [0.717, 1.165) is 0 Å². The monoisotopic (exact) mass is 265 g/mol. The van der Waals surface area contributed by atoms with Gasteiger partial charge in [-0.3, -0.25) is 14.9 Å². The summed E-state index contributed by atoms with van der Waals surface area (Å²) in [5.74, 6) is -0.0343. The van der Waals surface area contributed by atoms with E-state index in [-0.39, 0.29) is 24.2 Å². The van der Waals surface area contributed by atoms with Gasteiger partial charge >= 0.3 is 0 Å². The summed E-state index contributed by atoms with van der Waals surface area (Å²) in [5.41, 5.74) is 0.651. The maximum Gasteiger partial charge on any atom is 0.274 e. The lowest BCUT2D eigenvalue weighted by Crippen LogP contribution is -2.36. The van der Waals surface area contributed by atoms with Crippen LogP contribution in [0.2, 0.25) is 0 Å². The minimum Gasteiger partial charge on any atom is -0.345 e. The van der Waals surface area contributed by atoms with E-state index in [0.29, 0.717) is 12.1 Å². The third-order valence-corrected chi connectivity index (χ3v) is 3.06. The molecule has 19 heavy (non-hydrogen) atoms. The number of rotatable bonds is 6. The molecule has 0 aromatic heterocycles. The Bertz CT molecular complexity index is 462. The smallest absolute Gasteiger partial charge is 0.274 e. The number of nitrogens with one attached hydrogen (secondary N) is 1. The highest BCUT2D eigenvalue weighted by atomic mass is 16.6. The van der Waals surface area contributed by atoms with Gasteiger partial charge in [0.25, 0.3) is 5.69 Å². The summed E-state index contributed by atoms with van der Waals surface area (Å²) in [5, 5.41) is 13.9. The molecule has 1 atom stereocenters. The van der Waals surface area contributed by atoms with Crippen molar-refractivity contribution in [2.45, 2.75) is 19.9 Å². The number of likely N-dealkylation sites (N-methyl/N-ethyl adjacent to an activating group) is 1. The van der Waals surface area contributed by atoms with Crippen LogP contribution in [0.25, 0.3) is 0 Å². The second-order valence-electron chi connectivity index (χ2n) is 4.33. The second kappa shape index (κ2) is 6.84. The van der Waals surface area contributed by atoms with Crippen LogP contribution in [0.3, 0.4) is 0 Å². The van der Waals surface area contributed by atoms with E-state index in [1.165, 1.54) is 6.07 Å². The number of para-hydroxylation sites is 1. The molecule has 104 valence electrons. The lowest BCUT2D eigenvalue weighted by atomic mass is 10.1. The molecule has 0 spiro atoms. The molecule has 1 N–H and O–H groups in total. The molecule has 6 nitrogen and oxygen atoms in total. The first-order valence-corrected chi connectivity index (χ1v) is 6.18. The lowest BCUT2D eigenvalue weighted by molar-refractivity contribution is -0.385. The van der Waals surface area contributed by atoms with Crippen molar-refractivity contribution in [1.29, 1.82) is 0 Å². The summed E-state index contributed by atoms with van der Waals surface area (Å²) >= 11 is 0. The van der Waals surface area contributed by atoms with Gasteiger partial charge in [0, 0.05) is 31.3 Å². The van der Waals surface area contributed by atoms with Crippen LogP contribution < -0.4 is 5.32 Å². The largest absolute Gasteiger partial charge is 0.345 e. The lowest BCUT2D eigenvalue weighted by Gasteiger charge is -2.18. The highest BCUT2D eigenvalue weighted by Gasteiger charge is 2.18. The number of nitrogens with zero attached hydrogens (tertiary/aromatic N) is 2. The maximum absolute atomic E-state index is 11.7. The van der Waals surface area contributed by atoms with Crippen LogP contribution in [-0.4, -0.2) is 35.9 Å². The minimum absolute atomic E-state index is 0.0343. The van der Waals surface area contributed by atoms with Gasteiger partial charge in [-0.05, 0) is 13.8 Å². The molecule has 0 fully saturated rings. The van der Waals surface area contributed by atoms with E-state index < -0.39 is 4.92 Å². The van der Waals surface area contributed by atoms with Crippen LogP contribution in [0, 0.1) is 10.1 Å². The van der Waals surface area contributed by atoms with Gasteiger partial charge in [-0.25, -0.2) is 0 Å².